The highest BCUT2D eigenvalue weighted by molar-refractivity contribution is 6.35. The van der Waals surface area contributed by atoms with E-state index in [0.29, 0.717) is 29.7 Å². The standard InChI is InChI=1S/C14H15Cl2NO2/c15-10-6-9-3-4-17(8-11(9)12(16)7-10)14(18)13-2-1-5-19-13/h6-7,13H,1-5,8H2. The maximum Gasteiger partial charge on any atom is 0.252 e. The van der Waals surface area contributed by atoms with Crippen molar-refractivity contribution in [1.29, 1.82) is 0 Å². The second kappa shape index (κ2) is 5.31. The predicted molar refractivity (Wildman–Crippen MR) is 74.6 cm³/mol. The SMILES string of the molecule is O=C(C1CCCO1)N1CCc2cc(Cl)cc(Cl)c2C1. The minimum atomic E-state index is -0.257. The van der Waals surface area contributed by atoms with Gasteiger partial charge >= 0.3 is 0 Å². The summed E-state index contributed by atoms with van der Waals surface area (Å²) < 4.78 is 5.46. The summed E-state index contributed by atoms with van der Waals surface area (Å²) in [6.07, 6.45) is 2.34. The van der Waals surface area contributed by atoms with Crippen LogP contribution in [-0.4, -0.2) is 30.1 Å². The van der Waals surface area contributed by atoms with Crippen LogP contribution in [0.4, 0.5) is 0 Å². The Balaban J connectivity index is 1.80. The van der Waals surface area contributed by atoms with Gasteiger partial charge in [0.05, 0.1) is 0 Å². The van der Waals surface area contributed by atoms with Crippen LogP contribution in [0.25, 0.3) is 0 Å². The summed E-state index contributed by atoms with van der Waals surface area (Å²) in [5.41, 5.74) is 2.16. The van der Waals surface area contributed by atoms with Crippen molar-refractivity contribution in [2.24, 2.45) is 0 Å². The van der Waals surface area contributed by atoms with Gasteiger partial charge in [0.15, 0.2) is 0 Å². The van der Waals surface area contributed by atoms with Crippen LogP contribution in [0, 0.1) is 0 Å². The van der Waals surface area contributed by atoms with Crippen molar-refractivity contribution in [2.75, 3.05) is 13.2 Å². The highest BCUT2D eigenvalue weighted by atomic mass is 35.5. The lowest BCUT2D eigenvalue weighted by Crippen LogP contribution is -2.42. The first-order valence-electron chi connectivity index (χ1n) is 6.52. The molecule has 5 heteroatoms. The molecule has 0 saturated carbocycles. The molecule has 0 radical (unpaired) electrons. The molecule has 1 saturated heterocycles. The number of carbonyl (C=O) groups excluding carboxylic acids is 1. The zero-order chi connectivity index (χ0) is 13.4. The van der Waals surface area contributed by atoms with Crippen LogP contribution in [0.5, 0.6) is 0 Å². The maximum atomic E-state index is 12.3. The van der Waals surface area contributed by atoms with Crippen molar-refractivity contribution in [3.05, 3.63) is 33.3 Å². The van der Waals surface area contributed by atoms with Gasteiger partial charge in [-0.1, -0.05) is 23.2 Å². The largest absolute Gasteiger partial charge is 0.368 e. The second-order valence-electron chi connectivity index (χ2n) is 5.04. The van der Waals surface area contributed by atoms with E-state index in [4.69, 9.17) is 27.9 Å². The Morgan fingerprint density at radius 1 is 1.37 bits per heavy atom. The molecule has 0 bridgehead atoms. The lowest BCUT2D eigenvalue weighted by Gasteiger charge is -2.31. The molecular formula is C14H15Cl2NO2. The Bertz CT molecular complexity index is 512. The number of amides is 1. The molecular weight excluding hydrogens is 285 g/mol. The van der Waals surface area contributed by atoms with Gasteiger partial charge in [-0.3, -0.25) is 4.79 Å². The van der Waals surface area contributed by atoms with Gasteiger partial charge in [-0.05, 0) is 42.5 Å². The number of rotatable bonds is 1. The summed E-state index contributed by atoms with van der Waals surface area (Å²) in [5.74, 6) is 0.0918. The molecule has 1 atom stereocenters. The average molecular weight is 300 g/mol. The molecule has 3 rings (SSSR count). The van der Waals surface area contributed by atoms with E-state index < -0.39 is 0 Å². The third kappa shape index (κ3) is 2.60. The molecule has 3 nitrogen and oxygen atoms in total. The Morgan fingerprint density at radius 3 is 2.95 bits per heavy atom. The highest BCUT2D eigenvalue weighted by Gasteiger charge is 2.30. The molecule has 0 spiro atoms. The minimum Gasteiger partial charge on any atom is -0.368 e. The fourth-order valence-corrected chi connectivity index (χ4v) is 3.34. The number of hydrogen-bond acceptors (Lipinski definition) is 2. The van der Waals surface area contributed by atoms with E-state index in [1.807, 2.05) is 11.0 Å². The maximum absolute atomic E-state index is 12.3. The van der Waals surface area contributed by atoms with Crippen molar-refractivity contribution in [2.45, 2.75) is 31.9 Å². The molecule has 1 aromatic rings. The molecule has 1 amide bonds. The molecule has 1 unspecified atom stereocenters. The van der Waals surface area contributed by atoms with E-state index in [2.05, 4.69) is 0 Å². The molecule has 2 aliphatic heterocycles. The number of fused-ring (bicyclic) bond motifs is 1. The third-order valence-electron chi connectivity index (χ3n) is 3.77. The quantitative estimate of drug-likeness (QED) is 0.798. The van der Waals surface area contributed by atoms with Crippen LogP contribution >= 0.6 is 23.2 Å². The molecule has 2 heterocycles. The molecule has 0 aliphatic carbocycles. The van der Waals surface area contributed by atoms with Gasteiger partial charge in [0.1, 0.15) is 6.10 Å². The number of nitrogens with zero attached hydrogens (tertiary/aromatic N) is 1. The number of carbonyl (C=O) groups is 1. The van der Waals surface area contributed by atoms with Gasteiger partial charge in [-0.15, -0.1) is 0 Å². The lowest BCUT2D eigenvalue weighted by atomic mass is 9.99. The van der Waals surface area contributed by atoms with Crippen LogP contribution in [0.15, 0.2) is 12.1 Å². The van der Waals surface area contributed by atoms with Crippen molar-refractivity contribution in [1.82, 2.24) is 4.90 Å². The summed E-state index contributed by atoms with van der Waals surface area (Å²) in [7, 11) is 0. The van der Waals surface area contributed by atoms with Crippen molar-refractivity contribution in [3.8, 4) is 0 Å². The van der Waals surface area contributed by atoms with E-state index >= 15 is 0 Å². The first-order valence-corrected chi connectivity index (χ1v) is 7.28. The topological polar surface area (TPSA) is 29.5 Å². The predicted octanol–water partition coefficient (Wildman–Crippen LogP) is 3.06. The number of halogens is 2. The molecule has 0 aromatic heterocycles. The zero-order valence-electron chi connectivity index (χ0n) is 10.5. The molecule has 0 N–H and O–H groups in total. The molecule has 1 aromatic carbocycles. The Morgan fingerprint density at radius 2 is 2.21 bits per heavy atom. The van der Waals surface area contributed by atoms with Crippen LogP contribution in [0.2, 0.25) is 10.0 Å². The van der Waals surface area contributed by atoms with Gasteiger partial charge in [-0.25, -0.2) is 0 Å². The summed E-state index contributed by atoms with van der Waals surface area (Å²) in [4.78, 5) is 14.2. The summed E-state index contributed by atoms with van der Waals surface area (Å²) in [6, 6.07) is 3.68. The lowest BCUT2D eigenvalue weighted by molar-refractivity contribution is -0.141. The first kappa shape index (κ1) is 13.2. The van der Waals surface area contributed by atoms with E-state index in [9.17, 15) is 4.79 Å². The minimum absolute atomic E-state index is 0.0918. The Hall–Kier alpha value is -0.770. The number of benzene rings is 1. The van der Waals surface area contributed by atoms with Crippen LogP contribution in [-0.2, 0) is 22.5 Å². The van der Waals surface area contributed by atoms with Crippen LogP contribution < -0.4 is 0 Å². The highest BCUT2D eigenvalue weighted by Crippen LogP contribution is 2.30. The second-order valence-corrected chi connectivity index (χ2v) is 5.88. The van der Waals surface area contributed by atoms with Crippen molar-refractivity contribution >= 4 is 29.1 Å². The average Bonchev–Trinajstić information content (AvgIpc) is 2.91. The fraction of sp³-hybridized carbons (Fsp3) is 0.500. The molecule has 1 fully saturated rings. The fourth-order valence-electron chi connectivity index (χ4n) is 2.75. The van der Waals surface area contributed by atoms with E-state index in [0.717, 1.165) is 30.4 Å². The van der Waals surface area contributed by atoms with Crippen LogP contribution in [0.1, 0.15) is 24.0 Å². The normalized spacial score (nSPS) is 22.4. The van der Waals surface area contributed by atoms with Gasteiger partial charge in [-0.2, -0.15) is 0 Å². The smallest absolute Gasteiger partial charge is 0.252 e. The number of ether oxygens (including phenoxy) is 1. The first-order chi connectivity index (χ1) is 9.15. The molecule has 102 valence electrons. The third-order valence-corrected chi connectivity index (χ3v) is 4.32. The van der Waals surface area contributed by atoms with Gasteiger partial charge in [0, 0.05) is 29.7 Å². The van der Waals surface area contributed by atoms with E-state index in [1.165, 1.54) is 0 Å². The van der Waals surface area contributed by atoms with Gasteiger partial charge in [0.2, 0.25) is 0 Å². The van der Waals surface area contributed by atoms with Gasteiger partial charge < -0.3 is 9.64 Å². The monoisotopic (exact) mass is 299 g/mol. The van der Waals surface area contributed by atoms with Crippen molar-refractivity contribution < 1.29 is 9.53 Å². The number of hydrogen-bond donors (Lipinski definition) is 0. The van der Waals surface area contributed by atoms with E-state index in [1.54, 1.807) is 6.07 Å². The summed E-state index contributed by atoms with van der Waals surface area (Å²) in [6.45, 7) is 1.96. The zero-order valence-corrected chi connectivity index (χ0v) is 12.0. The summed E-state index contributed by atoms with van der Waals surface area (Å²) in [5, 5.41) is 1.30. The Kier molecular flexibility index (Phi) is 3.70. The molecule has 19 heavy (non-hydrogen) atoms. The van der Waals surface area contributed by atoms with Crippen molar-refractivity contribution in [3.63, 3.8) is 0 Å². The van der Waals surface area contributed by atoms with E-state index in [-0.39, 0.29) is 12.0 Å². The van der Waals surface area contributed by atoms with Gasteiger partial charge in [0.25, 0.3) is 5.91 Å². The molecule has 2 aliphatic rings. The summed E-state index contributed by atoms with van der Waals surface area (Å²) >= 11 is 12.2. The Labute approximate surface area is 122 Å². The van der Waals surface area contributed by atoms with Crippen LogP contribution in [0.3, 0.4) is 0 Å².